The number of sulfone groups is 1. The summed E-state index contributed by atoms with van der Waals surface area (Å²) in [4.78, 5) is 4.13. The smallest absolute Gasteiger partial charge is 0.201 e. The zero-order valence-corrected chi connectivity index (χ0v) is 13.7. The molecule has 0 aliphatic rings. The molecule has 2 aromatic rings. The van der Waals surface area contributed by atoms with Crippen LogP contribution in [0.4, 0.5) is 10.3 Å². The molecule has 0 fully saturated rings. The second-order valence-electron chi connectivity index (χ2n) is 5.34. The molecule has 0 aliphatic carbocycles. The number of halogens is 2. The van der Waals surface area contributed by atoms with E-state index in [1.807, 2.05) is 0 Å². The minimum absolute atomic E-state index is 0.106. The topological polar surface area (TPSA) is 78.0 Å². The van der Waals surface area contributed by atoms with Crippen molar-refractivity contribution in [2.24, 2.45) is 0 Å². The summed E-state index contributed by atoms with van der Waals surface area (Å²) in [5.41, 5.74) is 6.81. The summed E-state index contributed by atoms with van der Waals surface area (Å²) >= 11 is 3.08. The van der Waals surface area contributed by atoms with E-state index < -0.39 is 20.4 Å². The SMILES string of the molecule is CC(C)(Cn1c(N)nc2cc(Br)c(F)cc21)S(C)(=O)=O. The number of hydrogen-bond acceptors (Lipinski definition) is 4. The molecule has 1 heterocycles. The van der Waals surface area contributed by atoms with E-state index in [2.05, 4.69) is 20.9 Å². The normalized spacial score (nSPS) is 13.1. The molecule has 2 rings (SSSR count). The van der Waals surface area contributed by atoms with E-state index in [1.54, 1.807) is 13.8 Å². The number of hydrogen-bond donors (Lipinski definition) is 1. The van der Waals surface area contributed by atoms with E-state index in [4.69, 9.17) is 5.73 Å². The molecule has 0 saturated carbocycles. The second kappa shape index (κ2) is 4.70. The number of nitrogen functional groups attached to an aromatic ring is 1. The lowest BCUT2D eigenvalue weighted by molar-refractivity contribution is 0.510. The molecule has 0 amide bonds. The standard InChI is InChI=1S/C12H15BrFN3O2S/c1-12(2,20(3,18)19)6-17-10-5-8(14)7(13)4-9(10)16-11(17)15/h4-5H,6H2,1-3H3,(H2,15,16). The van der Waals surface area contributed by atoms with Gasteiger partial charge in [-0.15, -0.1) is 0 Å². The average molecular weight is 364 g/mol. The van der Waals surface area contributed by atoms with Crippen LogP contribution in [-0.2, 0) is 16.4 Å². The van der Waals surface area contributed by atoms with Crippen molar-refractivity contribution in [3.8, 4) is 0 Å². The predicted octanol–water partition coefficient (Wildman–Crippen LogP) is 2.34. The van der Waals surface area contributed by atoms with Crippen molar-refractivity contribution in [3.05, 3.63) is 22.4 Å². The first-order valence-electron chi connectivity index (χ1n) is 5.83. The molecule has 0 radical (unpaired) electrons. The Bertz CT molecular complexity index is 784. The van der Waals surface area contributed by atoms with Gasteiger partial charge < -0.3 is 10.3 Å². The van der Waals surface area contributed by atoms with Gasteiger partial charge in [0, 0.05) is 18.9 Å². The number of nitrogens with two attached hydrogens (primary N) is 1. The number of rotatable bonds is 3. The molecule has 0 saturated heterocycles. The van der Waals surface area contributed by atoms with Gasteiger partial charge >= 0.3 is 0 Å². The summed E-state index contributed by atoms with van der Waals surface area (Å²) in [7, 11) is -3.29. The van der Waals surface area contributed by atoms with Crippen molar-refractivity contribution in [2.75, 3.05) is 12.0 Å². The molecular formula is C12H15BrFN3O2S. The fourth-order valence-electron chi connectivity index (χ4n) is 1.80. The molecule has 1 aromatic heterocycles. The Morgan fingerprint density at radius 2 is 2.05 bits per heavy atom. The van der Waals surface area contributed by atoms with Crippen LogP contribution in [0.3, 0.4) is 0 Å². The monoisotopic (exact) mass is 363 g/mol. The van der Waals surface area contributed by atoms with Gasteiger partial charge in [0.2, 0.25) is 5.95 Å². The largest absolute Gasteiger partial charge is 0.369 e. The third-order valence-corrected chi connectivity index (χ3v) is 6.11. The highest BCUT2D eigenvalue weighted by Gasteiger charge is 2.32. The van der Waals surface area contributed by atoms with Crippen LogP contribution >= 0.6 is 15.9 Å². The number of nitrogens with zero attached hydrogens (tertiary/aromatic N) is 2. The molecule has 5 nitrogen and oxygen atoms in total. The lowest BCUT2D eigenvalue weighted by Crippen LogP contribution is -2.36. The van der Waals surface area contributed by atoms with E-state index >= 15 is 0 Å². The van der Waals surface area contributed by atoms with Gasteiger partial charge in [0.05, 0.1) is 20.3 Å². The minimum Gasteiger partial charge on any atom is -0.369 e. The Morgan fingerprint density at radius 3 is 2.60 bits per heavy atom. The van der Waals surface area contributed by atoms with Crippen molar-refractivity contribution in [1.82, 2.24) is 9.55 Å². The van der Waals surface area contributed by atoms with Crippen molar-refractivity contribution in [1.29, 1.82) is 0 Å². The highest BCUT2D eigenvalue weighted by molar-refractivity contribution is 9.10. The van der Waals surface area contributed by atoms with Gasteiger partial charge in [0.25, 0.3) is 0 Å². The van der Waals surface area contributed by atoms with Crippen LogP contribution in [0.15, 0.2) is 16.6 Å². The van der Waals surface area contributed by atoms with E-state index in [9.17, 15) is 12.8 Å². The Labute approximate surface area is 125 Å². The molecule has 0 bridgehead atoms. The molecule has 0 atom stereocenters. The lowest BCUT2D eigenvalue weighted by atomic mass is 10.2. The first kappa shape index (κ1) is 15.2. The predicted molar refractivity (Wildman–Crippen MR) is 80.7 cm³/mol. The van der Waals surface area contributed by atoms with Gasteiger partial charge in [0.15, 0.2) is 9.84 Å². The summed E-state index contributed by atoms with van der Waals surface area (Å²) in [5.74, 6) is -0.287. The van der Waals surface area contributed by atoms with E-state index in [0.717, 1.165) is 0 Å². The Balaban J connectivity index is 2.61. The Hall–Kier alpha value is -1.15. The number of benzene rings is 1. The fraction of sp³-hybridized carbons (Fsp3) is 0.417. The molecule has 0 unspecified atom stereocenters. The van der Waals surface area contributed by atoms with E-state index in [1.165, 1.54) is 23.0 Å². The number of aromatic nitrogens is 2. The molecule has 20 heavy (non-hydrogen) atoms. The first-order valence-corrected chi connectivity index (χ1v) is 8.52. The average Bonchev–Trinajstić information content (AvgIpc) is 2.55. The maximum Gasteiger partial charge on any atom is 0.201 e. The zero-order chi connectivity index (χ0) is 15.3. The first-order chi connectivity index (χ1) is 9.03. The summed E-state index contributed by atoms with van der Waals surface area (Å²) in [6.45, 7) is 3.31. The number of fused-ring (bicyclic) bond motifs is 1. The number of anilines is 1. The second-order valence-corrected chi connectivity index (χ2v) is 8.85. The Morgan fingerprint density at radius 1 is 1.45 bits per heavy atom. The van der Waals surface area contributed by atoms with Crippen LogP contribution in [0.1, 0.15) is 13.8 Å². The molecule has 1 aromatic carbocycles. The van der Waals surface area contributed by atoms with Crippen molar-refractivity contribution < 1.29 is 12.8 Å². The van der Waals surface area contributed by atoms with Crippen LogP contribution in [0.2, 0.25) is 0 Å². The highest BCUT2D eigenvalue weighted by atomic mass is 79.9. The van der Waals surface area contributed by atoms with Gasteiger partial charge in [-0.25, -0.2) is 17.8 Å². The summed E-state index contributed by atoms with van der Waals surface area (Å²) < 4.78 is 38.0. The molecule has 8 heteroatoms. The van der Waals surface area contributed by atoms with Crippen LogP contribution in [0.5, 0.6) is 0 Å². The van der Waals surface area contributed by atoms with Crippen LogP contribution in [-0.4, -0.2) is 29.0 Å². The molecular weight excluding hydrogens is 349 g/mol. The van der Waals surface area contributed by atoms with Crippen molar-refractivity contribution in [3.63, 3.8) is 0 Å². The van der Waals surface area contributed by atoms with Gasteiger partial charge in [-0.2, -0.15) is 0 Å². The molecule has 110 valence electrons. The van der Waals surface area contributed by atoms with Gasteiger partial charge in [-0.1, -0.05) is 0 Å². The van der Waals surface area contributed by atoms with Gasteiger partial charge in [-0.3, -0.25) is 0 Å². The Kier molecular flexibility index (Phi) is 3.58. The van der Waals surface area contributed by atoms with Crippen molar-refractivity contribution in [2.45, 2.75) is 25.1 Å². The van der Waals surface area contributed by atoms with Crippen LogP contribution in [0.25, 0.3) is 11.0 Å². The van der Waals surface area contributed by atoms with Crippen molar-refractivity contribution >= 4 is 42.7 Å². The minimum atomic E-state index is -3.29. The van der Waals surface area contributed by atoms with Crippen LogP contribution < -0.4 is 5.73 Å². The highest BCUT2D eigenvalue weighted by Crippen LogP contribution is 2.28. The number of imidazole rings is 1. The van der Waals surface area contributed by atoms with Gasteiger partial charge in [-0.05, 0) is 35.8 Å². The summed E-state index contributed by atoms with van der Waals surface area (Å²) in [6, 6.07) is 2.81. The summed E-state index contributed by atoms with van der Waals surface area (Å²) in [5, 5.41) is 0. The maximum absolute atomic E-state index is 13.7. The van der Waals surface area contributed by atoms with E-state index in [-0.39, 0.29) is 17.0 Å². The summed E-state index contributed by atoms with van der Waals surface area (Å²) in [6.07, 6.45) is 1.17. The molecule has 2 N–H and O–H groups in total. The third kappa shape index (κ3) is 2.54. The molecule has 0 spiro atoms. The van der Waals surface area contributed by atoms with Gasteiger partial charge in [0.1, 0.15) is 5.82 Å². The van der Waals surface area contributed by atoms with E-state index in [0.29, 0.717) is 11.0 Å². The molecule has 0 aliphatic heterocycles. The maximum atomic E-state index is 13.7. The zero-order valence-electron chi connectivity index (χ0n) is 11.3. The quantitative estimate of drug-likeness (QED) is 0.907. The third-order valence-electron chi connectivity index (χ3n) is 3.36. The fourth-order valence-corrected chi connectivity index (χ4v) is 2.50. The lowest BCUT2D eigenvalue weighted by Gasteiger charge is -2.23. The van der Waals surface area contributed by atoms with Crippen LogP contribution in [0, 0.1) is 5.82 Å².